The standard InChI is InChI=1S/C22H23N3O3/c1-16-12-19(23-24(16)2)15-25(22(26)18-6-4-3-5-7-18)14-17-8-9-20-21(13-17)28-11-10-27-20/h3-9,12-13H,10-11,14-15H2,1-2H3. The van der Waals surface area contributed by atoms with Crippen LogP contribution in [0.3, 0.4) is 0 Å². The van der Waals surface area contributed by atoms with Crippen molar-refractivity contribution in [2.45, 2.75) is 20.0 Å². The summed E-state index contributed by atoms with van der Waals surface area (Å²) in [5.74, 6) is 1.44. The van der Waals surface area contributed by atoms with Crippen molar-refractivity contribution in [1.29, 1.82) is 0 Å². The van der Waals surface area contributed by atoms with Crippen molar-refractivity contribution >= 4 is 5.91 Å². The fraction of sp³-hybridized carbons (Fsp3) is 0.273. The van der Waals surface area contributed by atoms with E-state index in [-0.39, 0.29) is 5.91 Å². The van der Waals surface area contributed by atoms with E-state index >= 15 is 0 Å². The van der Waals surface area contributed by atoms with Gasteiger partial charge in [-0.25, -0.2) is 0 Å². The number of aryl methyl sites for hydroxylation is 2. The molecule has 0 atom stereocenters. The molecule has 3 aromatic rings. The molecule has 1 aliphatic rings. The molecule has 0 saturated heterocycles. The molecule has 0 fully saturated rings. The lowest BCUT2D eigenvalue weighted by molar-refractivity contribution is 0.0727. The van der Waals surface area contributed by atoms with Crippen molar-refractivity contribution in [2.24, 2.45) is 7.05 Å². The molecule has 28 heavy (non-hydrogen) atoms. The van der Waals surface area contributed by atoms with Gasteiger partial charge in [0.15, 0.2) is 11.5 Å². The first kappa shape index (κ1) is 18.1. The molecule has 0 saturated carbocycles. The first-order valence-electron chi connectivity index (χ1n) is 9.32. The third-order valence-electron chi connectivity index (χ3n) is 4.81. The molecule has 4 rings (SSSR count). The molecule has 1 aliphatic heterocycles. The number of hydrogen-bond acceptors (Lipinski definition) is 4. The first-order valence-corrected chi connectivity index (χ1v) is 9.32. The zero-order valence-electron chi connectivity index (χ0n) is 16.1. The summed E-state index contributed by atoms with van der Waals surface area (Å²) in [6.45, 7) is 3.99. The highest BCUT2D eigenvalue weighted by Crippen LogP contribution is 2.31. The number of benzene rings is 2. The predicted octanol–water partition coefficient (Wildman–Crippen LogP) is 3.34. The number of carbonyl (C=O) groups is 1. The molecule has 1 aromatic heterocycles. The number of ether oxygens (including phenoxy) is 2. The number of carbonyl (C=O) groups excluding carboxylic acids is 1. The van der Waals surface area contributed by atoms with Gasteiger partial charge < -0.3 is 14.4 Å². The maximum absolute atomic E-state index is 13.2. The lowest BCUT2D eigenvalue weighted by Crippen LogP contribution is -2.30. The van der Waals surface area contributed by atoms with Crippen LogP contribution in [0.5, 0.6) is 11.5 Å². The summed E-state index contributed by atoms with van der Waals surface area (Å²) < 4.78 is 13.1. The summed E-state index contributed by atoms with van der Waals surface area (Å²) >= 11 is 0. The second-order valence-corrected chi connectivity index (χ2v) is 6.91. The van der Waals surface area contributed by atoms with Crippen LogP contribution in [0, 0.1) is 6.92 Å². The Hall–Kier alpha value is -3.28. The molecular formula is C22H23N3O3. The van der Waals surface area contributed by atoms with Crippen molar-refractivity contribution in [3.8, 4) is 11.5 Å². The van der Waals surface area contributed by atoms with Gasteiger partial charge in [-0.3, -0.25) is 9.48 Å². The van der Waals surface area contributed by atoms with Crippen LogP contribution in [0.25, 0.3) is 0 Å². The van der Waals surface area contributed by atoms with E-state index < -0.39 is 0 Å². The summed E-state index contributed by atoms with van der Waals surface area (Å²) in [5.41, 5.74) is 3.57. The summed E-state index contributed by atoms with van der Waals surface area (Å²) in [5, 5.41) is 4.52. The molecule has 2 aromatic carbocycles. The third-order valence-corrected chi connectivity index (χ3v) is 4.81. The number of nitrogens with zero attached hydrogens (tertiary/aromatic N) is 3. The van der Waals surface area contributed by atoms with Crippen LogP contribution in [-0.4, -0.2) is 33.8 Å². The van der Waals surface area contributed by atoms with E-state index in [0.29, 0.717) is 31.9 Å². The van der Waals surface area contributed by atoms with E-state index in [9.17, 15) is 4.79 Å². The van der Waals surface area contributed by atoms with Gasteiger partial charge in [0.25, 0.3) is 5.91 Å². The van der Waals surface area contributed by atoms with Gasteiger partial charge in [0.2, 0.25) is 0 Å². The van der Waals surface area contributed by atoms with Gasteiger partial charge in [-0.2, -0.15) is 5.10 Å². The first-order chi connectivity index (χ1) is 13.6. The zero-order valence-corrected chi connectivity index (χ0v) is 16.1. The fourth-order valence-corrected chi connectivity index (χ4v) is 3.28. The Morgan fingerprint density at radius 1 is 1.04 bits per heavy atom. The maximum Gasteiger partial charge on any atom is 0.254 e. The minimum absolute atomic E-state index is 0.0289. The van der Waals surface area contributed by atoms with Gasteiger partial charge in [-0.1, -0.05) is 24.3 Å². The number of hydrogen-bond donors (Lipinski definition) is 0. The largest absolute Gasteiger partial charge is 0.486 e. The summed E-state index contributed by atoms with van der Waals surface area (Å²) in [6, 6.07) is 17.2. The maximum atomic E-state index is 13.2. The van der Waals surface area contributed by atoms with E-state index in [2.05, 4.69) is 5.10 Å². The molecule has 0 aliphatic carbocycles. The van der Waals surface area contributed by atoms with E-state index in [0.717, 1.165) is 28.5 Å². The number of amides is 1. The molecular weight excluding hydrogens is 354 g/mol. The SMILES string of the molecule is Cc1cc(CN(Cc2ccc3c(c2)OCCO3)C(=O)c2ccccc2)nn1C. The number of rotatable bonds is 5. The van der Waals surface area contributed by atoms with Gasteiger partial charge in [-0.05, 0) is 42.8 Å². The lowest BCUT2D eigenvalue weighted by Gasteiger charge is -2.24. The molecule has 2 heterocycles. The predicted molar refractivity (Wildman–Crippen MR) is 105 cm³/mol. The Morgan fingerprint density at radius 2 is 1.79 bits per heavy atom. The number of aromatic nitrogens is 2. The van der Waals surface area contributed by atoms with Crippen LogP contribution in [0.15, 0.2) is 54.6 Å². The Kier molecular flexibility index (Phi) is 5.02. The Morgan fingerprint density at radius 3 is 2.50 bits per heavy atom. The Bertz CT molecular complexity index is 962. The second kappa shape index (κ2) is 7.76. The van der Waals surface area contributed by atoms with Crippen LogP contribution >= 0.6 is 0 Å². The summed E-state index contributed by atoms with van der Waals surface area (Å²) in [4.78, 5) is 15.0. The topological polar surface area (TPSA) is 56.6 Å². The molecule has 0 bridgehead atoms. The normalized spacial score (nSPS) is 12.6. The van der Waals surface area contributed by atoms with Gasteiger partial charge in [0.1, 0.15) is 13.2 Å². The van der Waals surface area contributed by atoms with Gasteiger partial charge in [-0.15, -0.1) is 0 Å². The Balaban J connectivity index is 1.61. The van der Waals surface area contributed by atoms with E-state index in [1.165, 1.54) is 0 Å². The van der Waals surface area contributed by atoms with Crippen LogP contribution in [-0.2, 0) is 20.1 Å². The smallest absolute Gasteiger partial charge is 0.254 e. The molecule has 6 heteroatoms. The van der Waals surface area contributed by atoms with E-state index in [4.69, 9.17) is 9.47 Å². The lowest BCUT2D eigenvalue weighted by atomic mass is 10.1. The van der Waals surface area contributed by atoms with Crippen LogP contribution in [0.4, 0.5) is 0 Å². The van der Waals surface area contributed by atoms with Gasteiger partial charge >= 0.3 is 0 Å². The average molecular weight is 377 g/mol. The minimum atomic E-state index is -0.0289. The summed E-state index contributed by atoms with van der Waals surface area (Å²) in [7, 11) is 1.91. The Labute approximate surface area is 164 Å². The molecule has 0 spiro atoms. The van der Waals surface area contributed by atoms with Crippen molar-refractivity contribution < 1.29 is 14.3 Å². The molecule has 144 valence electrons. The van der Waals surface area contributed by atoms with Crippen LogP contribution < -0.4 is 9.47 Å². The van der Waals surface area contributed by atoms with Gasteiger partial charge in [0.05, 0.1) is 12.2 Å². The van der Waals surface area contributed by atoms with Crippen molar-refractivity contribution in [2.75, 3.05) is 13.2 Å². The number of fused-ring (bicyclic) bond motifs is 1. The highest BCUT2D eigenvalue weighted by atomic mass is 16.6. The summed E-state index contributed by atoms with van der Waals surface area (Å²) in [6.07, 6.45) is 0. The third kappa shape index (κ3) is 3.86. The highest BCUT2D eigenvalue weighted by molar-refractivity contribution is 5.94. The van der Waals surface area contributed by atoms with Crippen LogP contribution in [0.1, 0.15) is 27.3 Å². The molecule has 0 unspecified atom stereocenters. The van der Waals surface area contributed by atoms with Crippen LogP contribution in [0.2, 0.25) is 0 Å². The van der Waals surface area contributed by atoms with Crippen molar-refractivity contribution in [3.63, 3.8) is 0 Å². The fourth-order valence-electron chi connectivity index (χ4n) is 3.28. The minimum Gasteiger partial charge on any atom is -0.486 e. The van der Waals surface area contributed by atoms with Gasteiger partial charge in [0, 0.05) is 24.8 Å². The second-order valence-electron chi connectivity index (χ2n) is 6.91. The zero-order chi connectivity index (χ0) is 19.5. The van der Waals surface area contributed by atoms with E-state index in [1.807, 2.05) is 78.2 Å². The van der Waals surface area contributed by atoms with Crippen molar-refractivity contribution in [1.82, 2.24) is 14.7 Å². The quantitative estimate of drug-likeness (QED) is 0.684. The van der Waals surface area contributed by atoms with Crippen molar-refractivity contribution in [3.05, 3.63) is 77.1 Å². The van der Waals surface area contributed by atoms with E-state index in [1.54, 1.807) is 0 Å². The molecule has 0 radical (unpaired) electrons. The average Bonchev–Trinajstić information content (AvgIpc) is 3.04. The molecule has 1 amide bonds. The highest BCUT2D eigenvalue weighted by Gasteiger charge is 2.20. The molecule has 0 N–H and O–H groups in total. The monoisotopic (exact) mass is 377 g/mol. The molecule has 6 nitrogen and oxygen atoms in total.